The van der Waals surface area contributed by atoms with E-state index in [-0.39, 0.29) is 5.91 Å². The van der Waals surface area contributed by atoms with Gasteiger partial charge in [-0.3, -0.25) is 4.79 Å². The van der Waals surface area contributed by atoms with Crippen molar-refractivity contribution in [3.05, 3.63) is 53.9 Å². The van der Waals surface area contributed by atoms with Crippen LogP contribution in [0.4, 0.5) is 5.95 Å². The summed E-state index contributed by atoms with van der Waals surface area (Å²) in [5.41, 5.74) is 1.93. The number of rotatable bonds is 4. The van der Waals surface area contributed by atoms with E-state index in [0.717, 1.165) is 45.4 Å². The third-order valence-electron chi connectivity index (χ3n) is 6.02. The fourth-order valence-electron chi connectivity index (χ4n) is 4.34. The van der Waals surface area contributed by atoms with E-state index in [1.807, 2.05) is 4.90 Å². The van der Waals surface area contributed by atoms with E-state index >= 15 is 0 Å². The number of hydrogen-bond acceptors (Lipinski definition) is 4. The Bertz CT molecular complexity index is 763. The first kappa shape index (κ1) is 18.9. The highest BCUT2D eigenvalue weighted by Crippen LogP contribution is 2.23. The summed E-state index contributed by atoms with van der Waals surface area (Å²) in [7, 11) is 0. The van der Waals surface area contributed by atoms with Crippen LogP contribution < -0.4 is 4.90 Å². The first-order valence-electron chi connectivity index (χ1n) is 10.7. The Labute approximate surface area is 167 Å². The molecular weight excluding hydrogens is 348 g/mol. The minimum absolute atomic E-state index is 0.0524. The Morgan fingerprint density at radius 3 is 2.36 bits per heavy atom. The highest BCUT2D eigenvalue weighted by atomic mass is 16.2. The largest absolute Gasteiger partial charge is 0.341 e. The Hall–Kier alpha value is -2.43. The van der Waals surface area contributed by atoms with E-state index in [0.29, 0.717) is 17.6 Å². The van der Waals surface area contributed by atoms with E-state index in [9.17, 15) is 4.79 Å². The maximum atomic E-state index is 13.0. The van der Waals surface area contributed by atoms with Gasteiger partial charge in [0.15, 0.2) is 0 Å². The van der Waals surface area contributed by atoms with Gasteiger partial charge in [-0.25, -0.2) is 9.97 Å². The maximum Gasteiger partial charge on any atom is 0.272 e. The Kier molecular flexibility index (Phi) is 6.20. The molecule has 3 heterocycles. The molecule has 0 N–H and O–H groups in total. The molecule has 0 unspecified atom stereocenters. The topological polar surface area (TPSA) is 49.3 Å². The number of carbonyl (C=O) groups is 1. The molecule has 0 bridgehead atoms. The fraction of sp³-hybridized carbons (Fsp3) is 0.522. The number of aromatic nitrogens is 2. The zero-order chi connectivity index (χ0) is 19.2. The number of hydrogen-bond donors (Lipinski definition) is 0. The normalized spacial score (nSPS) is 18.7. The molecule has 148 valence electrons. The lowest BCUT2D eigenvalue weighted by Crippen LogP contribution is -2.39. The minimum Gasteiger partial charge on any atom is -0.341 e. The summed E-state index contributed by atoms with van der Waals surface area (Å²) >= 11 is 0. The highest BCUT2D eigenvalue weighted by molar-refractivity contribution is 5.92. The number of carbonyl (C=O) groups excluding carboxylic acids is 1. The van der Waals surface area contributed by atoms with Crippen LogP contribution in [0.5, 0.6) is 0 Å². The molecule has 28 heavy (non-hydrogen) atoms. The number of piperidine rings is 1. The summed E-state index contributed by atoms with van der Waals surface area (Å²) < 4.78 is 0. The second-order valence-electron chi connectivity index (χ2n) is 8.07. The van der Waals surface area contributed by atoms with Gasteiger partial charge in [-0.15, -0.1) is 0 Å². The lowest BCUT2D eigenvalue weighted by Gasteiger charge is -2.32. The van der Waals surface area contributed by atoms with Crippen molar-refractivity contribution < 1.29 is 4.79 Å². The summed E-state index contributed by atoms with van der Waals surface area (Å²) in [6, 6.07) is 12.4. The minimum atomic E-state index is 0.0524. The quantitative estimate of drug-likeness (QED) is 0.808. The van der Waals surface area contributed by atoms with Crippen molar-refractivity contribution in [1.29, 1.82) is 0 Å². The summed E-state index contributed by atoms with van der Waals surface area (Å²) in [6.07, 6.45) is 9.86. The molecule has 1 aromatic carbocycles. The predicted molar refractivity (Wildman–Crippen MR) is 111 cm³/mol. The van der Waals surface area contributed by atoms with Crippen LogP contribution in [0.25, 0.3) is 0 Å². The van der Waals surface area contributed by atoms with Crippen molar-refractivity contribution in [3.63, 3.8) is 0 Å². The van der Waals surface area contributed by atoms with Crippen LogP contribution in [0.3, 0.4) is 0 Å². The van der Waals surface area contributed by atoms with E-state index in [4.69, 9.17) is 0 Å². The van der Waals surface area contributed by atoms with Gasteiger partial charge in [0.1, 0.15) is 5.69 Å². The van der Waals surface area contributed by atoms with E-state index in [1.165, 1.54) is 31.2 Å². The number of anilines is 1. The lowest BCUT2D eigenvalue weighted by atomic mass is 9.90. The number of benzene rings is 1. The van der Waals surface area contributed by atoms with E-state index in [2.05, 4.69) is 45.2 Å². The third-order valence-corrected chi connectivity index (χ3v) is 6.02. The van der Waals surface area contributed by atoms with Gasteiger partial charge in [-0.2, -0.15) is 0 Å². The average Bonchev–Trinajstić information content (AvgIpc) is 3.04. The Morgan fingerprint density at radius 1 is 0.929 bits per heavy atom. The van der Waals surface area contributed by atoms with Crippen LogP contribution in [-0.2, 0) is 6.42 Å². The summed E-state index contributed by atoms with van der Waals surface area (Å²) in [6.45, 7) is 3.61. The first-order valence-corrected chi connectivity index (χ1v) is 10.7. The van der Waals surface area contributed by atoms with Crippen molar-refractivity contribution in [2.24, 2.45) is 5.92 Å². The molecule has 5 nitrogen and oxygen atoms in total. The number of likely N-dealkylation sites (tertiary alicyclic amines) is 1. The first-order chi connectivity index (χ1) is 13.8. The highest BCUT2D eigenvalue weighted by Gasteiger charge is 2.25. The predicted octanol–water partition coefficient (Wildman–Crippen LogP) is 3.95. The zero-order valence-corrected chi connectivity index (χ0v) is 16.6. The fourth-order valence-corrected chi connectivity index (χ4v) is 4.34. The third kappa shape index (κ3) is 4.70. The van der Waals surface area contributed by atoms with Gasteiger partial charge in [-0.05, 0) is 49.7 Å². The molecule has 0 saturated carbocycles. The molecule has 1 amide bonds. The summed E-state index contributed by atoms with van der Waals surface area (Å²) in [4.78, 5) is 26.2. The monoisotopic (exact) mass is 378 g/mol. The molecule has 0 atom stereocenters. The zero-order valence-electron chi connectivity index (χ0n) is 16.6. The lowest BCUT2D eigenvalue weighted by molar-refractivity contribution is 0.0684. The molecule has 2 aromatic rings. The summed E-state index contributed by atoms with van der Waals surface area (Å²) in [5.74, 6) is 1.42. The molecule has 2 saturated heterocycles. The molecule has 2 aliphatic rings. The second-order valence-corrected chi connectivity index (χ2v) is 8.07. The van der Waals surface area contributed by atoms with Crippen LogP contribution in [0.2, 0.25) is 0 Å². The molecule has 2 aliphatic heterocycles. The van der Waals surface area contributed by atoms with Gasteiger partial charge in [-0.1, -0.05) is 43.2 Å². The smallest absolute Gasteiger partial charge is 0.272 e. The van der Waals surface area contributed by atoms with Gasteiger partial charge < -0.3 is 9.80 Å². The van der Waals surface area contributed by atoms with E-state index in [1.54, 1.807) is 12.3 Å². The summed E-state index contributed by atoms with van der Waals surface area (Å²) in [5, 5.41) is 0. The van der Waals surface area contributed by atoms with Crippen molar-refractivity contribution in [2.75, 3.05) is 31.1 Å². The van der Waals surface area contributed by atoms with Gasteiger partial charge >= 0.3 is 0 Å². The number of nitrogens with zero attached hydrogens (tertiary/aromatic N) is 4. The Morgan fingerprint density at radius 2 is 1.64 bits per heavy atom. The average molecular weight is 379 g/mol. The molecule has 2 fully saturated rings. The van der Waals surface area contributed by atoms with Crippen molar-refractivity contribution in [2.45, 2.75) is 44.9 Å². The number of amides is 1. The molecule has 0 radical (unpaired) electrons. The molecule has 4 rings (SSSR count). The SMILES string of the molecule is O=C(c1ccnc(N2CCCCCC2)n1)N1CCC(Cc2ccccc2)CC1. The van der Waals surface area contributed by atoms with Gasteiger partial charge in [0.25, 0.3) is 5.91 Å². The standard InChI is InChI=1S/C23H30N4O/c28-22(21-10-13-24-23(25-21)27-14-6-1-2-7-15-27)26-16-11-20(12-17-26)18-19-8-4-3-5-9-19/h3-5,8-10,13,20H,1-2,6-7,11-12,14-18H2. The van der Waals surface area contributed by atoms with Crippen LogP contribution >= 0.6 is 0 Å². The molecule has 1 aromatic heterocycles. The van der Waals surface area contributed by atoms with E-state index < -0.39 is 0 Å². The van der Waals surface area contributed by atoms with Gasteiger partial charge in [0.05, 0.1) is 0 Å². The molecule has 0 spiro atoms. The van der Waals surface area contributed by atoms with Crippen molar-refractivity contribution in [1.82, 2.24) is 14.9 Å². The molecule has 0 aliphatic carbocycles. The van der Waals surface area contributed by atoms with Crippen molar-refractivity contribution >= 4 is 11.9 Å². The Balaban J connectivity index is 1.35. The van der Waals surface area contributed by atoms with Gasteiger partial charge in [0.2, 0.25) is 5.95 Å². The van der Waals surface area contributed by atoms with Crippen LogP contribution in [0.15, 0.2) is 42.6 Å². The van der Waals surface area contributed by atoms with Crippen LogP contribution in [-0.4, -0.2) is 47.0 Å². The van der Waals surface area contributed by atoms with Crippen molar-refractivity contribution in [3.8, 4) is 0 Å². The molecular formula is C23H30N4O. The van der Waals surface area contributed by atoms with Crippen LogP contribution in [0.1, 0.15) is 54.6 Å². The molecule has 5 heteroatoms. The van der Waals surface area contributed by atoms with Crippen LogP contribution in [0, 0.1) is 5.92 Å². The van der Waals surface area contributed by atoms with Gasteiger partial charge in [0, 0.05) is 32.4 Å². The second kappa shape index (κ2) is 9.18. The maximum absolute atomic E-state index is 13.0.